The van der Waals surface area contributed by atoms with E-state index in [0.29, 0.717) is 23.3 Å². The van der Waals surface area contributed by atoms with Crippen LogP contribution in [0.5, 0.6) is 0 Å². The van der Waals surface area contributed by atoms with E-state index in [9.17, 15) is 23.9 Å². The first kappa shape index (κ1) is 18.8. The lowest BCUT2D eigenvalue weighted by Gasteiger charge is -2.09. The zero-order chi connectivity index (χ0) is 19.0. The Morgan fingerprint density at radius 1 is 1.31 bits per heavy atom. The summed E-state index contributed by atoms with van der Waals surface area (Å²) < 4.78 is 14.2. The lowest BCUT2D eigenvalue weighted by Crippen LogP contribution is -2.15. The first-order valence-electron chi connectivity index (χ1n) is 7.58. The van der Waals surface area contributed by atoms with Gasteiger partial charge < -0.3 is 10.4 Å². The Balaban J connectivity index is 2.16. The molecule has 1 aliphatic carbocycles. The molecule has 2 aromatic rings. The van der Waals surface area contributed by atoms with E-state index in [-0.39, 0.29) is 27.0 Å². The zero-order valence-electron chi connectivity index (χ0n) is 13.1. The van der Waals surface area contributed by atoms with Crippen molar-refractivity contribution in [2.45, 2.75) is 18.8 Å². The Bertz CT molecular complexity index is 907. The molecule has 1 heterocycles. The van der Waals surface area contributed by atoms with Crippen LogP contribution in [0.25, 0.3) is 0 Å². The van der Waals surface area contributed by atoms with Crippen molar-refractivity contribution in [2.75, 3.05) is 11.2 Å². The fourth-order valence-corrected chi connectivity index (χ4v) is 4.70. The number of thiophene rings is 1. The molecule has 0 aliphatic heterocycles. The van der Waals surface area contributed by atoms with E-state index in [1.807, 2.05) is 0 Å². The maximum absolute atomic E-state index is 14.2. The number of carboxylic acid groups (broad SMARTS) is 1. The molecule has 0 spiro atoms. The molecular formula is C17H12Cl2FNO4S. The smallest absolute Gasteiger partial charge is 0.311 e. The minimum absolute atomic E-state index is 0.0580. The average molecular weight is 416 g/mol. The summed E-state index contributed by atoms with van der Waals surface area (Å²) in [4.78, 5) is 36.7. The molecule has 26 heavy (non-hydrogen) atoms. The Hall–Kier alpha value is -1.96. The average Bonchev–Trinajstić information content (AvgIpc) is 3.12. The minimum Gasteiger partial charge on any atom is -0.481 e. The number of hydrogen-bond donors (Lipinski definition) is 2. The van der Waals surface area contributed by atoms with Gasteiger partial charge in [0.1, 0.15) is 16.7 Å². The van der Waals surface area contributed by atoms with E-state index in [2.05, 4.69) is 5.32 Å². The molecule has 1 atom stereocenters. The van der Waals surface area contributed by atoms with Gasteiger partial charge in [0.25, 0.3) is 0 Å². The summed E-state index contributed by atoms with van der Waals surface area (Å²) in [5.41, 5.74) is 0.283. The fraction of sp³-hybridized carbons (Fsp3) is 0.235. The molecule has 2 N–H and O–H groups in total. The summed E-state index contributed by atoms with van der Waals surface area (Å²) in [6, 6.07) is 3.88. The van der Waals surface area contributed by atoms with E-state index in [1.54, 1.807) is 0 Å². The van der Waals surface area contributed by atoms with Gasteiger partial charge in [0.05, 0.1) is 22.1 Å². The fourth-order valence-electron chi connectivity index (χ4n) is 3.00. The van der Waals surface area contributed by atoms with E-state index >= 15 is 0 Å². The van der Waals surface area contributed by atoms with Gasteiger partial charge >= 0.3 is 5.97 Å². The van der Waals surface area contributed by atoms with Gasteiger partial charge in [-0.2, -0.15) is 0 Å². The second-order valence-electron chi connectivity index (χ2n) is 5.69. The van der Waals surface area contributed by atoms with Crippen molar-refractivity contribution < 1.29 is 23.9 Å². The summed E-state index contributed by atoms with van der Waals surface area (Å²) in [5, 5.41) is 12.0. The molecule has 0 saturated heterocycles. The molecule has 1 unspecified atom stereocenters. The zero-order valence-corrected chi connectivity index (χ0v) is 15.5. The predicted octanol–water partition coefficient (Wildman–Crippen LogP) is 4.06. The summed E-state index contributed by atoms with van der Waals surface area (Å²) in [5.74, 6) is -4.14. The normalized spacial score (nSPS) is 15.6. The van der Waals surface area contributed by atoms with E-state index in [1.165, 1.54) is 12.1 Å². The highest BCUT2D eigenvalue weighted by Crippen LogP contribution is 2.46. The van der Waals surface area contributed by atoms with Crippen LogP contribution in [-0.2, 0) is 16.0 Å². The number of nitrogens with one attached hydrogen (secondary N) is 1. The van der Waals surface area contributed by atoms with Crippen LogP contribution in [0.1, 0.15) is 38.7 Å². The van der Waals surface area contributed by atoms with Crippen LogP contribution in [-0.4, -0.2) is 28.6 Å². The monoisotopic (exact) mass is 415 g/mol. The van der Waals surface area contributed by atoms with Crippen LogP contribution >= 0.6 is 34.5 Å². The number of carbonyl (C=O) groups excluding carboxylic acids is 2. The molecule has 136 valence electrons. The second kappa shape index (κ2) is 7.34. The lowest BCUT2D eigenvalue weighted by molar-refractivity contribution is -0.138. The van der Waals surface area contributed by atoms with E-state index in [0.717, 1.165) is 17.4 Å². The lowest BCUT2D eigenvalue weighted by atomic mass is 9.99. The number of carboxylic acids is 1. The number of alkyl halides is 1. The molecule has 3 rings (SSSR count). The summed E-state index contributed by atoms with van der Waals surface area (Å²) in [6.07, 6.45) is 0.679. The molecule has 1 amide bonds. The molecule has 1 aromatic heterocycles. The van der Waals surface area contributed by atoms with Gasteiger partial charge in [0.2, 0.25) is 11.7 Å². The minimum atomic E-state index is -1.01. The molecule has 1 aromatic carbocycles. The highest BCUT2D eigenvalue weighted by molar-refractivity contribution is 7.17. The van der Waals surface area contributed by atoms with Gasteiger partial charge in [-0.15, -0.1) is 22.9 Å². The van der Waals surface area contributed by atoms with Crippen LogP contribution in [0.2, 0.25) is 5.02 Å². The van der Waals surface area contributed by atoms with Gasteiger partial charge in [-0.1, -0.05) is 17.7 Å². The van der Waals surface area contributed by atoms with Crippen LogP contribution in [0.15, 0.2) is 18.2 Å². The molecule has 0 saturated carbocycles. The number of ketones is 1. The predicted molar refractivity (Wildman–Crippen MR) is 97.2 cm³/mol. The highest BCUT2D eigenvalue weighted by Gasteiger charge is 2.37. The Labute approximate surface area is 161 Å². The maximum atomic E-state index is 14.2. The first-order chi connectivity index (χ1) is 12.3. The second-order valence-corrected chi connectivity index (χ2v) is 7.41. The third kappa shape index (κ3) is 3.22. The molecule has 0 bridgehead atoms. The van der Waals surface area contributed by atoms with E-state index in [4.69, 9.17) is 23.2 Å². The SMILES string of the molecule is O=C(CCl)Nc1sc2c(c1C(=O)c1c(F)cccc1Cl)CCC2C(=O)O. The molecule has 0 radical (unpaired) electrons. The summed E-state index contributed by atoms with van der Waals surface area (Å²) >= 11 is 12.5. The third-order valence-corrected chi connectivity index (χ3v) is 5.95. The molecule has 5 nitrogen and oxygen atoms in total. The largest absolute Gasteiger partial charge is 0.481 e. The Morgan fingerprint density at radius 3 is 2.65 bits per heavy atom. The number of fused-ring (bicyclic) bond motifs is 1. The number of aliphatic carboxylic acids is 1. The quantitative estimate of drug-likeness (QED) is 0.569. The molecule has 9 heteroatoms. The van der Waals surface area contributed by atoms with Crippen LogP contribution in [0.4, 0.5) is 9.39 Å². The Kier molecular flexibility index (Phi) is 5.32. The number of rotatable bonds is 5. The maximum Gasteiger partial charge on any atom is 0.311 e. The van der Waals surface area contributed by atoms with Crippen LogP contribution < -0.4 is 5.32 Å². The van der Waals surface area contributed by atoms with Crippen molar-refractivity contribution in [3.63, 3.8) is 0 Å². The number of amides is 1. The topological polar surface area (TPSA) is 83.5 Å². The highest BCUT2D eigenvalue weighted by atomic mass is 35.5. The number of hydrogen-bond acceptors (Lipinski definition) is 4. The van der Waals surface area contributed by atoms with Gasteiger partial charge in [0.15, 0.2) is 0 Å². The molecule has 1 aliphatic rings. The van der Waals surface area contributed by atoms with Crippen molar-refractivity contribution in [3.8, 4) is 0 Å². The first-order valence-corrected chi connectivity index (χ1v) is 9.31. The van der Waals surface area contributed by atoms with Crippen molar-refractivity contribution in [1.29, 1.82) is 0 Å². The number of carbonyl (C=O) groups is 3. The number of anilines is 1. The van der Waals surface area contributed by atoms with Crippen LogP contribution in [0, 0.1) is 5.82 Å². The Morgan fingerprint density at radius 2 is 2.04 bits per heavy atom. The number of halogens is 3. The van der Waals surface area contributed by atoms with Gasteiger partial charge in [0, 0.05) is 4.88 Å². The van der Waals surface area contributed by atoms with Crippen molar-refractivity contribution in [2.24, 2.45) is 0 Å². The molecule has 0 fully saturated rings. The summed E-state index contributed by atoms with van der Waals surface area (Å²) in [7, 11) is 0. The van der Waals surface area contributed by atoms with Crippen molar-refractivity contribution in [1.82, 2.24) is 0 Å². The molecular weight excluding hydrogens is 404 g/mol. The number of benzene rings is 1. The van der Waals surface area contributed by atoms with Crippen molar-refractivity contribution in [3.05, 3.63) is 50.6 Å². The van der Waals surface area contributed by atoms with Gasteiger partial charge in [-0.3, -0.25) is 14.4 Å². The summed E-state index contributed by atoms with van der Waals surface area (Å²) in [6.45, 7) is 0. The standard InChI is InChI=1S/C17H12Cl2FNO4S/c18-6-11(22)21-16-12(7-4-5-8(17(24)25)15(7)26-16)14(23)13-9(19)2-1-3-10(13)20/h1-3,8H,4-6H2,(H,21,22)(H,24,25). The van der Waals surface area contributed by atoms with E-state index < -0.39 is 29.4 Å². The third-order valence-electron chi connectivity index (χ3n) is 4.13. The van der Waals surface area contributed by atoms with Crippen LogP contribution in [0.3, 0.4) is 0 Å². The van der Waals surface area contributed by atoms with Gasteiger partial charge in [-0.05, 0) is 30.5 Å². The van der Waals surface area contributed by atoms with Gasteiger partial charge in [-0.25, -0.2) is 4.39 Å². The van der Waals surface area contributed by atoms with Crippen molar-refractivity contribution >= 4 is 57.2 Å².